The molecular weight excluding hydrogens is 244 g/mol. The van der Waals surface area contributed by atoms with E-state index in [1.54, 1.807) is 4.90 Å². The Bertz CT molecular complexity index is 487. The zero-order valence-corrected chi connectivity index (χ0v) is 10.9. The van der Waals surface area contributed by atoms with E-state index in [-0.39, 0.29) is 12.6 Å². The Hall–Kier alpha value is -2.04. The molecule has 0 aliphatic carbocycles. The molecule has 5 heteroatoms. The maximum Gasteiger partial charge on any atom is 0.317 e. The quantitative estimate of drug-likeness (QED) is 0.872. The smallest absolute Gasteiger partial charge is 0.317 e. The summed E-state index contributed by atoms with van der Waals surface area (Å²) in [7, 11) is 0. The molecule has 0 radical (unpaired) electrons. The fraction of sp³-hybridized carbons (Fsp3) is 0.429. The van der Waals surface area contributed by atoms with E-state index >= 15 is 0 Å². The summed E-state index contributed by atoms with van der Waals surface area (Å²) in [5, 5.41) is 12.1. The van der Waals surface area contributed by atoms with Gasteiger partial charge in [0.2, 0.25) is 0 Å². The first kappa shape index (κ1) is 13.4. The molecule has 0 saturated heterocycles. The first-order chi connectivity index (χ1) is 9.13. The average molecular weight is 262 g/mol. The van der Waals surface area contributed by atoms with E-state index in [9.17, 15) is 14.7 Å². The highest BCUT2D eigenvalue weighted by Crippen LogP contribution is 2.28. The van der Waals surface area contributed by atoms with Crippen molar-refractivity contribution in [2.24, 2.45) is 0 Å². The van der Waals surface area contributed by atoms with Gasteiger partial charge in [-0.2, -0.15) is 0 Å². The highest BCUT2D eigenvalue weighted by atomic mass is 16.4. The second kappa shape index (κ2) is 5.73. The number of nitrogens with zero attached hydrogens (tertiary/aromatic N) is 1. The van der Waals surface area contributed by atoms with Crippen LogP contribution in [0.25, 0.3) is 0 Å². The number of carboxylic acid groups (broad SMARTS) is 1. The van der Waals surface area contributed by atoms with Gasteiger partial charge in [0.1, 0.15) is 0 Å². The standard InChI is InChI=1S/C14H18N2O3/c1-2-7-15-14(19)16-8-10-5-3-4-6-11(10)12(9-16)13(17)18/h3-6,12H,2,7-9H2,1H3,(H,15,19)(H,17,18). The van der Waals surface area contributed by atoms with Gasteiger partial charge in [0.05, 0.1) is 5.92 Å². The van der Waals surface area contributed by atoms with Crippen molar-refractivity contribution in [3.05, 3.63) is 35.4 Å². The molecule has 0 saturated carbocycles. The Balaban J connectivity index is 2.20. The van der Waals surface area contributed by atoms with Crippen LogP contribution in [0.3, 0.4) is 0 Å². The van der Waals surface area contributed by atoms with Crippen molar-refractivity contribution < 1.29 is 14.7 Å². The number of hydrogen-bond donors (Lipinski definition) is 2. The van der Waals surface area contributed by atoms with Crippen LogP contribution in [0.5, 0.6) is 0 Å². The highest BCUT2D eigenvalue weighted by Gasteiger charge is 2.32. The second-order valence-electron chi connectivity index (χ2n) is 4.70. The molecule has 1 unspecified atom stereocenters. The molecule has 0 spiro atoms. The molecule has 19 heavy (non-hydrogen) atoms. The van der Waals surface area contributed by atoms with E-state index in [4.69, 9.17) is 0 Å². The van der Waals surface area contributed by atoms with Gasteiger partial charge in [-0.25, -0.2) is 4.79 Å². The summed E-state index contributed by atoms with van der Waals surface area (Å²) in [5.41, 5.74) is 1.72. The molecule has 5 nitrogen and oxygen atoms in total. The molecular formula is C14H18N2O3. The lowest BCUT2D eigenvalue weighted by atomic mass is 9.90. The first-order valence-corrected chi connectivity index (χ1v) is 6.47. The van der Waals surface area contributed by atoms with Gasteiger partial charge in [0, 0.05) is 19.6 Å². The van der Waals surface area contributed by atoms with Crippen LogP contribution in [0.2, 0.25) is 0 Å². The van der Waals surface area contributed by atoms with Crippen LogP contribution in [0.4, 0.5) is 4.79 Å². The number of carboxylic acids is 1. The molecule has 1 heterocycles. The van der Waals surface area contributed by atoms with E-state index in [0.717, 1.165) is 17.5 Å². The Morgan fingerprint density at radius 2 is 2.16 bits per heavy atom. The molecule has 1 aromatic carbocycles. The predicted octanol–water partition coefficient (Wildman–Crippen LogP) is 1.79. The number of nitrogens with one attached hydrogen (secondary N) is 1. The van der Waals surface area contributed by atoms with Gasteiger partial charge in [0.15, 0.2) is 0 Å². The molecule has 0 fully saturated rings. The van der Waals surface area contributed by atoms with E-state index < -0.39 is 11.9 Å². The van der Waals surface area contributed by atoms with Crippen molar-refractivity contribution in [2.75, 3.05) is 13.1 Å². The summed E-state index contributed by atoms with van der Waals surface area (Å²) in [6, 6.07) is 7.22. The Kier molecular flexibility index (Phi) is 4.04. The normalized spacial score (nSPS) is 17.7. The van der Waals surface area contributed by atoms with E-state index in [0.29, 0.717) is 13.1 Å². The number of rotatable bonds is 3. The van der Waals surface area contributed by atoms with Gasteiger partial charge in [-0.1, -0.05) is 31.2 Å². The van der Waals surface area contributed by atoms with Crippen molar-refractivity contribution >= 4 is 12.0 Å². The summed E-state index contributed by atoms with van der Waals surface area (Å²) in [6.07, 6.45) is 0.860. The number of benzene rings is 1. The molecule has 102 valence electrons. The lowest BCUT2D eigenvalue weighted by Crippen LogP contribution is -2.45. The average Bonchev–Trinajstić information content (AvgIpc) is 2.43. The fourth-order valence-corrected chi connectivity index (χ4v) is 2.32. The third-order valence-electron chi connectivity index (χ3n) is 3.31. The molecule has 2 N–H and O–H groups in total. The van der Waals surface area contributed by atoms with Crippen molar-refractivity contribution in [1.82, 2.24) is 10.2 Å². The van der Waals surface area contributed by atoms with Gasteiger partial charge in [-0.15, -0.1) is 0 Å². The van der Waals surface area contributed by atoms with Gasteiger partial charge in [-0.3, -0.25) is 4.79 Å². The van der Waals surface area contributed by atoms with Crippen molar-refractivity contribution in [3.8, 4) is 0 Å². The van der Waals surface area contributed by atoms with Crippen LogP contribution in [-0.2, 0) is 11.3 Å². The third kappa shape index (κ3) is 2.86. The van der Waals surface area contributed by atoms with E-state index in [1.807, 2.05) is 31.2 Å². The largest absolute Gasteiger partial charge is 0.481 e. The SMILES string of the molecule is CCCNC(=O)N1Cc2ccccc2C(C(=O)O)C1. The molecule has 2 rings (SSSR count). The van der Waals surface area contributed by atoms with Crippen LogP contribution in [0.15, 0.2) is 24.3 Å². The maximum atomic E-state index is 12.0. The monoisotopic (exact) mass is 262 g/mol. The fourth-order valence-electron chi connectivity index (χ4n) is 2.32. The second-order valence-corrected chi connectivity index (χ2v) is 4.70. The summed E-state index contributed by atoms with van der Waals surface area (Å²) in [6.45, 7) is 3.28. The molecule has 1 aromatic rings. The zero-order chi connectivity index (χ0) is 13.8. The summed E-state index contributed by atoms with van der Waals surface area (Å²) < 4.78 is 0. The van der Waals surface area contributed by atoms with Gasteiger partial charge < -0.3 is 15.3 Å². The number of hydrogen-bond acceptors (Lipinski definition) is 2. The lowest BCUT2D eigenvalue weighted by Gasteiger charge is -2.32. The van der Waals surface area contributed by atoms with Crippen LogP contribution < -0.4 is 5.32 Å². The molecule has 1 aliphatic heterocycles. The van der Waals surface area contributed by atoms with Crippen LogP contribution >= 0.6 is 0 Å². The molecule has 0 bridgehead atoms. The molecule has 1 atom stereocenters. The van der Waals surface area contributed by atoms with Crippen LogP contribution in [-0.4, -0.2) is 35.1 Å². The molecule has 0 aromatic heterocycles. The minimum Gasteiger partial charge on any atom is -0.481 e. The number of urea groups is 1. The minimum absolute atomic E-state index is 0.192. The minimum atomic E-state index is -0.888. The van der Waals surface area contributed by atoms with E-state index in [2.05, 4.69) is 5.32 Å². The maximum absolute atomic E-state index is 12.0. The number of amides is 2. The Labute approximate surface area is 112 Å². The van der Waals surface area contributed by atoms with Gasteiger partial charge >= 0.3 is 12.0 Å². The highest BCUT2D eigenvalue weighted by molar-refractivity contribution is 5.80. The van der Waals surface area contributed by atoms with Crippen molar-refractivity contribution in [3.63, 3.8) is 0 Å². The number of carbonyl (C=O) groups excluding carboxylic acids is 1. The Morgan fingerprint density at radius 3 is 2.84 bits per heavy atom. The first-order valence-electron chi connectivity index (χ1n) is 6.47. The summed E-state index contributed by atoms with van der Waals surface area (Å²) >= 11 is 0. The van der Waals surface area contributed by atoms with E-state index in [1.165, 1.54) is 0 Å². The van der Waals surface area contributed by atoms with Crippen LogP contribution in [0.1, 0.15) is 30.4 Å². The van der Waals surface area contributed by atoms with Gasteiger partial charge in [-0.05, 0) is 17.5 Å². The topological polar surface area (TPSA) is 69.6 Å². The number of aliphatic carboxylic acids is 1. The molecule has 2 amide bonds. The number of fused-ring (bicyclic) bond motifs is 1. The lowest BCUT2D eigenvalue weighted by molar-refractivity contribution is -0.139. The summed E-state index contributed by atoms with van der Waals surface area (Å²) in [4.78, 5) is 24.9. The van der Waals surface area contributed by atoms with Crippen molar-refractivity contribution in [2.45, 2.75) is 25.8 Å². The summed E-state index contributed by atoms with van der Waals surface area (Å²) in [5.74, 6) is -1.53. The predicted molar refractivity (Wildman–Crippen MR) is 70.9 cm³/mol. The number of carbonyl (C=O) groups is 2. The van der Waals surface area contributed by atoms with Gasteiger partial charge in [0.25, 0.3) is 0 Å². The zero-order valence-electron chi connectivity index (χ0n) is 10.9. The third-order valence-corrected chi connectivity index (χ3v) is 3.31. The van der Waals surface area contributed by atoms with Crippen LogP contribution in [0, 0.1) is 0 Å². The Morgan fingerprint density at radius 1 is 1.42 bits per heavy atom. The van der Waals surface area contributed by atoms with Crippen molar-refractivity contribution in [1.29, 1.82) is 0 Å². The molecule has 1 aliphatic rings.